The molecule has 0 fully saturated rings. The van der Waals surface area contributed by atoms with Crippen molar-refractivity contribution in [2.75, 3.05) is 0 Å². The van der Waals surface area contributed by atoms with Crippen molar-refractivity contribution in [3.8, 4) is 5.75 Å². The third-order valence-electron chi connectivity index (χ3n) is 4.88. The highest BCUT2D eigenvalue weighted by molar-refractivity contribution is 5.74. The van der Waals surface area contributed by atoms with Gasteiger partial charge in [0.2, 0.25) is 11.5 Å². The van der Waals surface area contributed by atoms with Gasteiger partial charge < -0.3 is 4.74 Å². The van der Waals surface area contributed by atoms with Crippen LogP contribution in [0.2, 0.25) is 0 Å². The monoisotopic (exact) mass is 470 g/mol. The second-order valence-electron chi connectivity index (χ2n) is 7.97. The number of benzene rings is 2. The summed E-state index contributed by atoms with van der Waals surface area (Å²) in [4.78, 5) is 44.2. The van der Waals surface area contributed by atoms with Gasteiger partial charge in [-0.15, -0.1) is 0 Å². The molecule has 11 heteroatoms. The smallest absolute Gasteiger partial charge is 0.335 e. The van der Waals surface area contributed by atoms with Crippen molar-refractivity contribution in [2.24, 2.45) is 10.8 Å². The molecule has 0 atom stereocenters. The largest absolute Gasteiger partial charge is 0.488 e. The summed E-state index contributed by atoms with van der Waals surface area (Å²) in [7, 11) is 0. The number of ether oxygens (including phenoxy) is 1. The lowest BCUT2D eigenvalue weighted by molar-refractivity contribution is -0.121. The summed E-state index contributed by atoms with van der Waals surface area (Å²) in [5.74, 6) is 4.01. The predicted octanol–water partition coefficient (Wildman–Crippen LogP) is 1.23. The van der Waals surface area contributed by atoms with Crippen molar-refractivity contribution in [1.82, 2.24) is 19.5 Å². The number of halogens is 1. The number of aromatic amines is 1. The van der Waals surface area contributed by atoms with Crippen molar-refractivity contribution in [1.29, 1.82) is 0 Å². The number of H-pyrrole nitrogens is 1. The average Bonchev–Trinajstić information content (AvgIpc) is 2.79. The fraction of sp³-hybridized carbons (Fsp3) is 0.304. The quantitative estimate of drug-likeness (QED) is 0.258. The van der Waals surface area contributed by atoms with Gasteiger partial charge in [0.25, 0.3) is 0 Å². The lowest BCUT2D eigenvalue weighted by atomic mass is 10.1. The Morgan fingerprint density at radius 2 is 1.88 bits per heavy atom. The zero-order chi connectivity index (χ0) is 24.8. The molecule has 0 saturated heterocycles. The maximum atomic E-state index is 14.5. The van der Waals surface area contributed by atoms with E-state index in [1.54, 1.807) is 13.8 Å². The molecule has 10 nitrogen and oxygen atoms in total. The first-order valence-electron chi connectivity index (χ1n) is 10.7. The number of rotatable bonds is 8. The number of hydrogen-bond acceptors (Lipinski definition) is 6. The van der Waals surface area contributed by atoms with Gasteiger partial charge in [0.15, 0.2) is 11.6 Å². The Labute approximate surface area is 194 Å². The van der Waals surface area contributed by atoms with Crippen LogP contribution in [-0.2, 0) is 17.9 Å². The summed E-state index contributed by atoms with van der Waals surface area (Å²) in [6, 6.07) is 11.6. The molecule has 0 bridgehead atoms. The number of carbonyl (C=O) groups is 1. The van der Waals surface area contributed by atoms with E-state index in [-0.39, 0.29) is 42.7 Å². The van der Waals surface area contributed by atoms with Gasteiger partial charge in [-0.05, 0) is 38.5 Å². The standard InChI is InChI=1S/C23H27FN6O4/c1-14(2)34-19-9-8-17(12-18(19)24)26-21-27-22(32)29(11-10-20(31)28-25)23(33)30(21)13-16-6-4-15(3)5-7-16/h4-9,12,14H,10-11,13,25H2,1-3H3,(H,28,31)(H,26,27,32). The van der Waals surface area contributed by atoms with Crippen molar-refractivity contribution in [3.05, 3.63) is 86.0 Å². The van der Waals surface area contributed by atoms with E-state index in [1.165, 1.54) is 16.7 Å². The molecule has 2 aromatic carbocycles. The van der Waals surface area contributed by atoms with Gasteiger partial charge in [0, 0.05) is 19.0 Å². The van der Waals surface area contributed by atoms with Crippen LogP contribution in [0.1, 0.15) is 31.4 Å². The molecule has 0 unspecified atom stereocenters. The van der Waals surface area contributed by atoms with E-state index in [0.29, 0.717) is 0 Å². The summed E-state index contributed by atoms with van der Waals surface area (Å²) in [6.07, 6.45) is -0.373. The van der Waals surface area contributed by atoms with Gasteiger partial charge in [-0.25, -0.2) is 29.4 Å². The number of hydrogen-bond donors (Lipinski definition) is 3. The van der Waals surface area contributed by atoms with Crippen molar-refractivity contribution in [3.63, 3.8) is 0 Å². The van der Waals surface area contributed by atoms with E-state index in [2.05, 4.69) is 9.98 Å². The highest BCUT2D eigenvalue weighted by Gasteiger charge is 2.12. The van der Waals surface area contributed by atoms with Crippen LogP contribution in [0.15, 0.2) is 57.0 Å². The van der Waals surface area contributed by atoms with E-state index >= 15 is 0 Å². The van der Waals surface area contributed by atoms with Crippen LogP contribution in [0.4, 0.5) is 10.1 Å². The number of nitrogens with zero attached hydrogens (tertiary/aromatic N) is 3. The van der Waals surface area contributed by atoms with Crippen LogP contribution >= 0.6 is 0 Å². The Morgan fingerprint density at radius 1 is 1.18 bits per heavy atom. The average molecular weight is 471 g/mol. The van der Waals surface area contributed by atoms with Crippen LogP contribution in [0.5, 0.6) is 5.75 Å². The minimum absolute atomic E-state index is 0.0629. The van der Waals surface area contributed by atoms with Crippen molar-refractivity contribution < 1.29 is 13.9 Å². The summed E-state index contributed by atoms with van der Waals surface area (Å²) in [5, 5.41) is 0. The van der Waals surface area contributed by atoms with E-state index in [0.717, 1.165) is 21.8 Å². The van der Waals surface area contributed by atoms with Gasteiger partial charge in [0.05, 0.1) is 18.3 Å². The van der Waals surface area contributed by atoms with E-state index in [4.69, 9.17) is 10.6 Å². The summed E-state index contributed by atoms with van der Waals surface area (Å²) < 4.78 is 22.0. The minimum Gasteiger partial charge on any atom is -0.488 e. The lowest BCUT2D eigenvalue weighted by Gasteiger charge is -2.12. The van der Waals surface area contributed by atoms with E-state index < -0.39 is 23.1 Å². The summed E-state index contributed by atoms with van der Waals surface area (Å²) in [5.41, 5.74) is 2.48. The molecular formula is C23H27FN6O4. The zero-order valence-electron chi connectivity index (χ0n) is 19.2. The molecule has 1 heterocycles. The normalized spacial score (nSPS) is 11.6. The lowest BCUT2D eigenvalue weighted by Crippen LogP contribution is -2.50. The highest BCUT2D eigenvalue weighted by atomic mass is 19.1. The van der Waals surface area contributed by atoms with Gasteiger partial charge in [-0.1, -0.05) is 29.8 Å². The molecule has 0 saturated carbocycles. The first-order valence-corrected chi connectivity index (χ1v) is 10.7. The van der Waals surface area contributed by atoms with Crippen LogP contribution in [0.25, 0.3) is 0 Å². The third-order valence-corrected chi connectivity index (χ3v) is 4.88. The number of nitrogens with two attached hydrogens (primary N) is 1. The maximum Gasteiger partial charge on any atom is 0.335 e. The molecule has 34 heavy (non-hydrogen) atoms. The molecule has 0 aliphatic carbocycles. The van der Waals surface area contributed by atoms with Crippen molar-refractivity contribution >= 4 is 11.6 Å². The number of amides is 1. The number of aromatic nitrogens is 3. The van der Waals surface area contributed by atoms with Crippen LogP contribution < -0.4 is 33.0 Å². The first-order chi connectivity index (χ1) is 16.2. The minimum atomic E-state index is -0.756. The Hall–Kier alpha value is -3.99. The molecule has 1 aromatic heterocycles. The van der Waals surface area contributed by atoms with E-state index in [9.17, 15) is 18.8 Å². The molecule has 1 amide bonds. The van der Waals surface area contributed by atoms with Crippen LogP contribution in [0.3, 0.4) is 0 Å². The Balaban J connectivity index is 2.12. The molecular weight excluding hydrogens is 443 g/mol. The molecule has 0 spiro atoms. The van der Waals surface area contributed by atoms with Crippen molar-refractivity contribution in [2.45, 2.75) is 46.4 Å². The summed E-state index contributed by atoms with van der Waals surface area (Å²) in [6.45, 7) is 5.41. The highest BCUT2D eigenvalue weighted by Crippen LogP contribution is 2.23. The Bertz CT molecular complexity index is 1360. The SMILES string of the molecule is Cc1ccc(Cn2c(=O)n(CCC(=O)NN)c(=O)[nH]/c2=N/c2ccc(OC(C)C)c(F)c2)cc1. The molecule has 0 radical (unpaired) electrons. The third kappa shape index (κ3) is 6.07. The topological polar surface area (TPSA) is 136 Å². The fourth-order valence-corrected chi connectivity index (χ4v) is 3.17. The molecule has 0 aliphatic rings. The molecule has 4 N–H and O–H groups in total. The van der Waals surface area contributed by atoms with Crippen LogP contribution in [0, 0.1) is 12.7 Å². The zero-order valence-corrected chi connectivity index (χ0v) is 19.2. The molecule has 180 valence electrons. The second kappa shape index (κ2) is 10.8. The second-order valence-corrected chi connectivity index (χ2v) is 7.97. The summed E-state index contributed by atoms with van der Waals surface area (Å²) >= 11 is 0. The maximum absolute atomic E-state index is 14.5. The van der Waals surface area contributed by atoms with Gasteiger partial charge in [-0.2, -0.15) is 0 Å². The fourth-order valence-electron chi connectivity index (χ4n) is 3.17. The Kier molecular flexibility index (Phi) is 7.79. The van der Waals surface area contributed by atoms with E-state index in [1.807, 2.05) is 36.6 Å². The first kappa shape index (κ1) is 24.6. The molecule has 0 aliphatic heterocycles. The molecule has 3 rings (SSSR count). The number of hydrazine groups is 1. The number of aryl methyl sites for hydroxylation is 1. The van der Waals surface area contributed by atoms with Crippen LogP contribution in [-0.4, -0.2) is 26.1 Å². The Morgan fingerprint density at radius 3 is 2.50 bits per heavy atom. The number of carbonyl (C=O) groups excluding carboxylic acids is 1. The molecule has 3 aromatic rings. The van der Waals surface area contributed by atoms with Gasteiger partial charge >= 0.3 is 11.4 Å². The van der Waals surface area contributed by atoms with Gasteiger partial charge in [-0.3, -0.25) is 19.8 Å². The predicted molar refractivity (Wildman–Crippen MR) is 124 cm³/mol. The van der Waals surface area contributed by atoms with Gasteiger partial charge in [0.1, 0.15) is 0 Å². The number of nitrogens with one attached hydrogen (secondary N) is 2.